The fourth-order valence-electron chi connectivity index (χ4n) is 7.72. The quantitative estimate of drug-likeness (QED) is 0.105. The summed E-state index contributed by atoms with van der Waals surface area (Å²) in [6, 6.07) is 13.4. The smallest absolute Gasteiger partial charge is 0.408 e. The molecule has 6 N–H and O–H groups in total. The Morgan fingerprint density at radius 1 is 0.688 bits per heavy atom. The predicted octanol–water partition coefficient (Wildman–Crippen LogP) is 5.02. The molecule has 0 bridgehead atoms. The SMILES string of the molecule is CC(C)CC(NC(=O)C(Cc1ccccc1)NC(=O)C(Cc1ccccc1)NC(=O)OC(C)(C)C)C(=O)NC(CCCCNC(=O)OC(C)(C)C)C(=O)N1CC2(CCNCC2(F)F)C1. The summed E-state index contributed by atoms with van der Waals surface area (Å²) >= 11 is 0. The monoisotopic (exact) mass is 898 g/mol. The number of hydrogen-bond donors (Lipinski definition) is 6. The van der Waals surface area contributed by atoms with E-state index in [0.29, 0.717) is 24.9 Å². The van der Waals surface area contributed by atoms with E-state index < -0.39 is 89.1 Å². The van der Waals surface area contributed by atoms with Crippen LogP contribution in [0.5, 0.6) is 0 Å². The van der Waals surface area contributed by atoms with Crippen molar-refractivity contribution < 1.29 is 47.0 Å². The van der Waals surface area contributed by atoms with E-state index in [4.69, 9.17) is 9.47 Å². The molecule has 4 unspecified atom stereocenters. The number of benzene rings is 2. The zero-order valence-corrected chi connectivity index (χ0v) is 38.6. The lowest BCUT2D eigenvalue weighted by Crippen LogP contribution is -2.72. The van der Waals surface area contributed by atoms with Crippen molar-refractivity contribution in [1.82, 2.24) is 36.8 Å². The molecule has 2 aliphatic heterocycles. The highest BCUT2D eigenvalue weighted by Gasteiger charge is 2.62. The molecule has 0 radical (unpaired) electrons. The molecule has 2 fully saturated rings. The summed E-state index contributed by atoms with van der Waals surface area (Å²) in [4.78, 5) is 83.3. The van der Waals surface area contributed by atoms with Crippen LogP contribution < -0.4 is 31.9 Å². The zero-order valence-electron chi connectivity index (χ0n) is 38.6. The van der Waals surface area contributed by atoms with Gasteiger partial charge in [-0.15, -0.1) is 0 Å². The van der Waals surface area contributed by atoms with Gasteiger partial charge in [0, 0.05) is 32.5 Å². The number of rotatable bonds is 19. The number of nitrogens with zero attached hydrogens (tertiary/aromatic N) is 1. The Labute approximate surface area is 376 Å². The molecule has 1 spiro atoms. The maximum atomic E-state index is 15.1. The highest BCUT2D eigenvalue weighted by molar-refractivity contribution is 5.95. The second-order valence-corrected chi connectivity index (χ2v) is 19.4. The number of carbonyl (C=O) groups excluding carboxylic acids is 6. The minimum Gasteiger partial charge on any atom is -0.444 e. The molecular weight excluding hydrogens is 829 g/mol. The number of nitrogens with one attached hydrogen (secondary N) is 6. The first-order chi connectivity index (χ1) is 30.0. The predicted molar refractivity (Wildman–Crippen MR) is 238 cm³/mol. The van der Waals surface area contributed by atoms with Gasteiger partial charge in [-0.3, -0.25) is 19.2 Å². The summed E-state index contributed by atoms with van der Waals surface area (Å²) in [6.07, 6.45) is -0.00299. The minimum absolute atomic E-state index is 0.0359. The van der Waals surface area contributed by atoms with Crippen LogP contribution in [-0.2, 0) is 41.5 Å². The third kappa shape index (κ3) is 16.0. The zero-order chi connectivity index (χ0) is 47.3. The normalized spacial score (nSPS) is 17.5. The second-order valence-electron chi connectivity index (χ2n) is 19.4. The average Bonchev–Trinajstić information content (AvgIpc) is 3.17. The van der Waals surface area contributed by atoms with Gasteiger partial charge in [-0.1, -0.05) is 74.5 Å². The molecule has 4 rings (SSSR count). The van der Waals surface area contributed by atoms with E-state index >= 15 is 8.78 Å². The molecule has 354 valence electrons. The molecule has 0 aliphatic carbocycles. The van der Waals surface area contributed by atoms with Crippen LogP contribution in [0.4, 0.5) is 18.4 Å². The van der Waals surface area contributed by atoms with Crippen LogP contribution in [0.3, 0.4) is 0 Å². The maximum absolute atomic E-state index is 15.1. The number of carbonyl (C=O) groups is 6. The summed E-state index contributed by atoms with van der Waals surface area (Å²) in [6.45, 7) is 13.9. The van der Waals surface area contributed by atoms with E-state index in [9.17, 15) is 28.8 Å². The van der Waals surface area contributed by atoms with Gasteiger partial charge in [0.15, 0.2) is 0 Å². The van der Waals surface area contributed by atoms with E-state index in [0.717, 1.165) is 5.56 Å². The Morgan fingerprint density at radius 3 is 1.69 bits per heavy atom. The lowest BCUT2D eigenvalue weighted by atomic mass is 9.69. The average molecular weight is 898 g/mol. The number of ether oxygens (including phenoxy) is 2. The summed E-state index contributed by atoms with van der Waals surface area (Å²) in [5.41, 5.74) is -1.43. The third-order valence-electron chi connectivity index (χ3n) is 11.0. The van der Waals surface area contributed by atoms with Gasteiger partial charge in [-0.25, -0.2) is 18.4 Å². The number of unbranched alkanes of at least 4 members (excludes halogenated alkanes) is 1. The van der Waals surface area contributed by atoms with Gasteiger partial charge in [0.25, 0.3) is 5.92 Å². The Hall–Kier alpha value is -5.32. The van der Waals surface area contributed by atoms with Crippen molar-refractivity contribution in [3.63, 3.8) is 0 Å². The minimum atomic E-state index is -3.01. The van der Waals surface area contributed by atoms with Gasteiger partial charge in [-0.2, -0.15) is 0 Å². The molecule has 15 nitrogen and oxygen atoms in total. The van der Waals surface area contributed by atoms with Crippen molar-refractivity contribution in [2.75, 3.05) is 32.7 Å². The van der Waals surface area contributed by atoms with E-state index in [2.05, 4.69) is 31.9 Å². The molecule has 0 aromatic heterocycles. The standard InChI is InChI=1S/C47H69F2N7O8/c1-31(2)25-35(38(57)52-34(21-15-16-23-51-42(61)63-44(3,4)5)41(60)56-29-46(30-56)22-24-50-28-47(46,48)49)53-39(58)36(26-32-17-11-9-12-18-32)54-40(59)37(27-33-19-13-10-14-20-33)55-43(62)64-45(6,7)8/h9-14,17-20,31,34-37,50H,15-16,21-30H2,1-8H3,(H,51,61)(H,52,57)(H,53,58)(H,54,59)(H,55,62). The summed E-state index contributed by atoms with van der Waals surface area (Å²) < 4.78 is 40.9. The van der Waals surface area contributed by atoms with Gasteiger partial charge in [0.2, 0.25) is 23.6 Å². The molecule has 2 saturated heterocycles. The molecule has 4 atom stereocenters. The number of alkyl carbamates (subject to hydrolysis) is 2. The van der Waals surface area contributed by atoms with Crippen LogP contribution in [0.15, 0.2) is 60.7 Å². The van der Waals surface area contributed by atoms with Crippen LogP contribution >= 0.6 is 0 Å². The van der Waals surface area contributed by atoms with Crippen molar-refractivity contribution in [3.05, 3.63) is 71.8 Å². The first-order valence-corrected chi connectivity index (χ1v) is 22.3. The van der Waals surface area contributed by atoms with Crippen LogP contribution in [0.1, 0.15) is 98.6 Å². The van der Waals surface area contributed by atoms with Gasteiger partial charge in [0.05, 0.1) is 12.0 Å². The molecule has 17 heteroatoms. The Morgan fingerprint density at radius 2 is 1.17 bits per heavy atom. The number of alkyl halides is 2. The molecule has 64 heavy (non-hydrogen) atoms. The van der Waals surface area contributed by atoms with Crippen molar-refractivity contribution in [2.24, 2.45) is 11.3 Å². The molecule has 2 aliphatic rings. The van der Waals surface area contributed by atoms with Crippen molar-refractivity contribution in [3.8, 4) is 0 Å². The van der Waals surface area contributed by atoms with Gasteiger partial charge in [-0.05, 0) is 97.2 Å². The van der Waals surface area contributed by atoms with Gasteiger partial charge >= 0.3 is 12.2 Å². The number of amides is 6. The molecule has 0 saturated carbocycles. The highest BCUT2D eigenvalue weighted by atomic mass is 19.3. The highest BCUT2D eigenvalue weighted by Crippen LogP contribution is 2.48. The molecule has 2 heterocycles. The molecular formula is C47H69F2N7O8. The summed E-state index contributed by atoms with van der Waals surface area (Å²) in [5.74, 6) is -5.64. The Bertz CT molecular complexity index is 1880. The van der Waals surface area contributed by atoms with E-state index in [1.807, 2.05) is 38.1 Å². The first kappa shape index (κ1) is 51.3. The lowest BCUT2D eigenvalue weighted by molar-refractivity contribution is -0.206. The first-order valence-electron chi connectivity index (χ1n) is 22.3. The summed E-state index contributed by atoms with van der Waals surface area (Å²) in [7, 11) is 0. The van der Waals surface area contributed by atoms with E-state index in [1.165, 1.54) is 4.90 Å². The van der Waals surface area contributed by atoms with E-state index in [1.54, 1.807) is 77.9 Å². The molecule has 2 aromatic rings. The van der Waals surface area contributed by atoms with Crippen LogP contribution in [-0.4, -0.2) is 115 Å². The fraction of sp³-hybridized carbons (Fsp3) is 0.617. The molecule has 6 amide bonds. The maximum Gasteiger partial charge on any atom is 0.408 e. The van der Waals surface area contributed by atoms with E-state index in [-0.39, 0.29) is 57.7 Å². The number of piperidine rings is 1. The third-order valence-corrected chi connectivity index (χ3v) is 11.0. The van der Waals surface area contributed by atoms with Crippen LogP contribution in [0.2, 0.25) is 0 Å². The number of likely N-dealkylation sites (tertiary alicyclic amines) is 1. The topological polar surface area (TPSA) is 196 Å². The van der Waals surface area contributed by atoms with Crippen molar-refractivity contribution in [1.29, 1.82) is 0 Å². The van der Waals surface area contributed by atoms with Crippen molar-refractivity contribution >= 4 is 35.8 Å². The number of hydrogen-bond acceptors (Lipinski definition) is 9. The largest absolute Gasteiger partial charge is 0.444 e. The number of halogens is 2. The molecule has 2 aromatic carbocycles. The van der Waals surface area contributed by atoms with Gasteiger partial charge < -0.3 is 46.3 Å². The van der Waals surface area contributed by atoms with Crippen molar-refractivity contribution in [2.45, 2.75) is 142 Å². The van der Waals surface area contributed by atoms with Crippen LogP contribution in [0.25, 0.3) is 0 Å². The summed E-state index contributed by atoms with van der Waals surface area (Å²) in [5, 5.41) is 16.5. The fourth-order valence-corrected chi connectivity index (χ4v) is 7.72. The van der Waals surface area contributed by atoms with Gasteiger partial charge in [0.1, 0.15) is 35.4 Å². The second kappa shape index (κ2) is 22.5. The van der Waals surface area contributed by atoms with Crippen LogP contribution in [0, 0.1) is 11.3 Å². The lowest BCUT2D eigenvalue weighted by Gasteiger charge is -2.56. The Balaban J connectivity index is 1.54. The Kier molecular flexibility index (Phi) is 18.1.